The molecule has 0 aliphatic heterocycles. The van der Waals surface area contributed by atoms with Crippen LogP contribution in [-0.4, -0.2) is 26.6 Å². The zero-order valence-electron chi connectivity index (χ0n) is 9.48. The van der Waals surface area contributed by atoms with Gasteiger partial charge in [0.1, 0.15) is 6.20 Å². The van der Waals surface area contributed by atoms with E-state index in [1.165, 1.54) is 11.8 Å². The average Bonchev–Trinajstić information content (AvgIpc) is 2.86. The smallest absolute Gasteiger partial charge is 0.301 e. The fourth-order valence-corrected chi connectivity index (χ4v) is 2.44. The fourth-order valence-electron chi connectivity index (χ4n) is 1.14. The van der Waals surface area contributed by atoms with E-state index in [4.69, 9.17) is 0 Å². The molecule has 0 bridgehead atoms. The van der Waals surface area contributed by atoms with E-state index >= 15 is 0 Å². The van der Waals surface area contributed by atoms with Gasteiger partial charge in [0.15, 0.2) is 5.13 Å². The number of hydrogen-bond acceptors (Lipinski definition) is 7. The second-order valence-corrected chi connectivity index (χ2v) is 5.27. The average molecular weight is 296 g/mol. The van der Waals surface area contributed by atoms with Gasteiger partial charge in [-0.05, 0) is 23.5 Å². The number of nitrogens with one attached hydrogen (secondary N) is 1. The van der Waals surface area contributed by atoms with Crippen molar-refractivity contribution in [2.24, 2.45) is 0 Å². The van der Waals surface area contributed by atoms with Crippen LogP contribution in [0.5, 0.6) is 0 Å². The molecule has 0 spiro atoms. The van der Waals surface area contributed by atoms with E-state index in [0.29, 0.717) is 0 Å². The highest BCUT2D eigenvalue weighted by atomic mass is 32.2. The van der Waals surface area contributed by atoms with Gasteiger partial charge < -0.3 is 5.32 Å². The first-order valence-corrected chi connectivity index (χ1v) is 6.89. The van der Waals surface area contributed by atoms with Crippen LogP contribution in [0, 0.1) is 10.1 Å². The molecule has 7 nitrogen and oxygen atoms in total. The highest BCUT2D eigenvalue weighted by Crippen LogP contribution is 2.25. The monoisotopic (exact) mass is 296 g/mol. The highest BCUT2D eigenvalue weighted by Gasteiger charge is 2.13. The molecule has 9 heteroatoms. The third-order valence-corrected chi connectivity index (χ3v) is 3.72. The minimum absolute atomic E-state index is 0.104. The molecule has 1 amide bonds. The normalized spacial score (nSPS) is 10.1. The first kappa shape index (κ1) is 13.4. The summed E-state index contributed by atoms with van der Waals surface area (Å²) in [7, 11) is 0. The lowest BCUT2D eigenvalue weighted by molar-refractivity contribution is -0.380. The maximum Gasteiger partial charge on any atom is 0.345 e. The Bertz CT molecular complexity index is 587. The topological polar surface area (TPSA) is 98.0 Å². The van der Waals surface area contributed by atoms with E-state index in [2.05, 4.69) is 15.3 Å². The Hall–Kier alpha value is -2.00. The van der Waals surface area contributed by atoms with Gasteiger partial charge in [0, 0.05) is 6.20 Å². The molecule has 0 saturated heterocycles. The molecule has 0 aliphatic carbocycles. The Kier molecular flexibility index (Phi) is 4.42. The van der Waals surface area contributed by atoms with E-state index in [0.717, 1.165) is 22.6 Å². The van der Waals surface area contributed by atoms with Crippen molar-refractivity contribution in [3.05, 3.63) is 40.7 Å². The lowest BCUT2D eigenvalue weighted by Crippen LogP contribution is -2.13. The number of nitro groups is 1. The number of pyridine rings is 1. The van der Waals surface area contributed by atoms with E-state index < -0.39 is 4.92 Å². The fraction of sp³-hybridized carbons (Fsp3) is 0.100. The number of thioether (sulfide) groups is 1. The van der Waals surface area contributed by atoms with Crippen molar-refractivity contribution < 1.29 is 9.72 Å². The third kappa shape index (κ3) is 4.00. The van der Waals surface area contributed by atoms with Crippen molar-refractivity contribution >= 4 is 39.1 Å². The van der Waals surface area contributed by atoms with Gasteiger partial charge >= 0.3 is 5.00 Å². The summed E-state index contributed by atoms with van der Waals surface area (Å²) in [5, 5.41) is 13.8. The third-order valence-electron chi connectivity index (χ3n) is 1.91. The molecule has 0 atom stereocenters. The predicted molar refractivity (Wildman–Crippen MR) is 72.4 cm³/mol. The number of hydrogen-bond donors (Lipinski definition) is 1. The predicted octanol–water partition coefficient (Wildman–Crippen LogP) is 2.18. The van der Waals surface area contributed by atoms with Gasteiger partial charge in [-0.3, -0.25) is 14.9 Å². The molecule has 98 valence electrons. The summed E-state index contributed by atoms with van der Waals surface area (Å²) in [5.74, 6) is -0.107. The maximum atomic E-state index is 11.6. The molecule has 0 aromatic carbocycles. The number of thiazole rings is 1. The van der Waals surface area contributed by atoms with Gasteiger partial charge in [0.05, 0.1) is 15.7 Å². The summed E-state index contributed by atoms with van der Waals surface area (Å²) in [6.45, 7) is 0. The Morgan fingerprint density at radius 3 is 2.95 bits per heavy atom. The second-order valence-electron chi connectivity index (χ2n) is 3.27. The molecular weight excluding hydrogens is 288 g/mol. The highest BCUT2D eigenvalue weighted by molar-refractivity contribution is 7.99. The molecule has 0 unspecified atom stereocenters. The summed E-state index contributed by atoms with van der Waals surface area (Å²) in [4.78, 5) is 29.3. The standard InChI is InChI=1S/C10H8N4O3S2/c15-7(6-18-8-3-1-2-4-11-8)13-10-12-5-9(19-10)14(16)17/h1-5H,6H2,(H,12,13,15). The molecular formula is C10H8N4O3S2. The van der Waals surface area contributed by atoms with Crippen molar-refractivity contribution in [2.75, 3.05) is 11.1 Å². The van der Waals surface area contributed by atoms with Crippen molar-refractivity contribution in [3.63, 3.8) is 0 Å². The first-order valence-electron chi connectivity index (χ1n) is 5.09. The van der Waals surface area contributed by atoms with E-state index in [-0.39, 0.29) is 21.8 Å². The Labute approximate surface area is 116 Å². The molecule has 0 aliphatic rings. The summed E-state index contributed by atoms with van der Waals surface area (Å²) < 4.78 is 0. The molecule has 2 aromatic rings. The molecule has 2 rings (SSSR count). The first-order chi connectivity index (χ1) is 9.15. The van der Waals surface area contributed by atoms with Gasteiger partial charge in [0.25, 0.3) is 0 Å². The molecule has 19 heavy (non-hydrogen) atoms. The quantitative estimate of drug-likeness (QED) is 0.516. The Balaban J connectivity index is 1.85. The minimum Gasteiger partial charge on any atom is -0.301 e. The number of carbonyl (C=O) groups excluding carboxylic acids is 1. The largest absolute Gasteiger partial charge is 0.345 e. The van der Waals surface area contributed by atoms with Crippen LogP contribution < -0.4 is 5.32 Å². The van der Waals surface area contributed by atoms with Crippen molar-refractivity contribution in [1.29, 1.82) is 0 Å². The van der Waals surface area contributed by atoms with Crippen LogP contribution in [0.15, 0.2) is 35.6 Å². The van der Waals surface area contributed by atoms with Crippen LogP contribution in [0.3, 0.4) is 0 Å². The molecule has 0 fully saturated rings. The van der Waals surface area contributed by atoms with Gasteiger partial charge in [-0.15, -0.1) is 0 Å². The van der Waals surface area contributed by atoms with Crippen LogP contribution in [0.1, 0.15) is 0 Å². The van der Waals surface area contributed by atoms with Crippen LogP contribution in [0.4, 0.5) is 10.1 Å². The Morgan fingerprint density at radius 1 is 1.47 bits per heavy atom. The van der Waals surface area contributed by atoms with E-state index in [1.54, 1.807) is 18.3 Å². The molecule has 2 aromatic heterocycles. The van der Waals surface area contributed by atoms with Crippen LogP contribution in [0.2, 0.25) is 0 Å². The molecule has 1 N–H and O–H groups in total. The number of anilines is 1. The number of rotatable bonds is 5. The van der Waals surface area contributed by atoms with E-state index in [1.807, 2.05) is 6.07 Å². The Morgan fingerprint density at radius 2 is 2.32 bits per heavy atom. The lowest BCUT2D eigenvalue weighted by Gasteiger charge is -2.00. The summed E-state index contributed by atoms with van der Waals surface area (Å²) in [6.07, 6.45) is 2.76. The number of aromatic nitrogens is 2. The molecule has 0 saturated carbocycles. The maximum absolute atomic E-state index is 11.6. The zero-order valence-corrected chi connectivity index (χ0v) is 11.1. The molecule has 2 heterocycles. The lowest BCUT2D eigenvalue weighted by atomic mass is 10.5. The second kappa shape index (κ2) is 6.25. The number of nitrogens with zero attached hydrogens (tertiary/aromatic N) is 3. The van der Waals surface area contributed by atoms with Gasteiger partial charge in [-0.2, -0.15) is 0 Å². The summed E-state index contributed by atoms with van der Waals surface area (Å²) in [6, 6.07) is 5.42. The number of carbonyl (C=O) groups is 1. The SMILES string of the molecule is O=C(CSc1ccccn1)Nc1ncc([N+](=O)[O-])s1. The van der Waals surface area contributed by atoms with Gasteiger partial charge in [-0.1, -0.05) is 17.8 Å². The van der Waals surface area contributed by atoms with E-state index in [9.17, 15) is 14.9 Å². The number of amides is 1. The zero-order chi connectivity index (χ0) is 13.7. The van der Waals surface area contributed by atoms with Gasteiger partial charge in [-0.25, -0.2) is 9.97 Å². The van der Waals surface area contributed by atoms with Crippen LogP contribution in [-0.2, 0) is 4.79 Å². The summed E-state index contributed by atoms with van der Waals surface area (Å²) in [5.41, 5.74) is 0. The molecule has 0 radical (unpaired) electrons. The van der Waals surface area contributed by atoms with Crippen LogP contribution in [0.25, 0.3) is 0 Å². The van der Waals surface area contributed by atoms with Crippen molar-refractivity contribution in [3.8, 4) is 0 Å². The van der Waals surface area contributed by atoms with Crippen molar-refractivity contribution in [1.82, 2.24) is 9.97 Å². The van der Waals surface area contributed by atoms with Crippen LogP contribution >= 0.6 is 23.1 Å². The van der Waals surface area contributed by atoms with Crippen molar-refractivity contribution in [2.45, 2.75) is 5.03 Å². The summed E-state index contributed by atoms with van der Waals surface area (Å²) >= 11 is 2.10. The minimum atomic E-state index is -0.546. The van der Waals surface area contributed by atoms with Gasteiger partial charge in [0.2, 0.25) is 5.91 Å².